The van der Waals surface area contributed by atoms with Gasteiger partial charge in [0.15, 0.2) is 0 Å². The molecule has 0 saturated carbocycles. The topological polar surface area (TPSA) is 29.9 Å². The highest BCUT2D eigenvalue weighted by atomic mass is 19.1. The first-order valence-electron chi connectivity index (χ1n) is 9.24. The minimum Gasteiger partial charge on any atom is -0.349 e. The molecule has 3 nitrogen and oxygen atoms in total. The summed E-state index contributed by atoms with van der Waals surface area (Å²) >= 11 is 0. The molecule has 4 aromatic rings. The Morgan fingerprint density at radius 1 is 0.963 bits per heavy atom. The highest BCUT2D eigenvalue weighted by Gasteiger charge is 2.30. The molecule has 2 atom stereocenters. The number of hydrogen-bond donors (Lipinski definition) is 1. The number of nitrogens with zero attached hydrogens (tertiary/aromatic N) is 2. The monoisotopic (exact) mass is 357 g/mol. The van der Waals surface area contributed by atoms with Crippen molar-refractivity contribution >= 4 is 17.0 Å². The van der Waals surface area contributed by atoms with E-state index in [1.165, 1.54) is 23.3 Å². The first-order valence-corrected chi connectivity index (χ1v) is 9.24. The number of nitrogens with one attached hydrogen (secondary N) is 1. The average molecular weight is 357 g/mol. The van der Waals surface area contributed by atoms with Crippen LogP contribution in [0, 0.1) is 12.7 Å². The summed E-state index contributed by atoms with van der Waals surface area (Å²) in [5, 5.41) is 3.57. The molecule has 1 N–H and O–H groups in total. The molecule has 2 heterocycles. The Kier molecular flexibility index (Phi) is 3.71. The number of para-hydroxylation sites is 2. The van der Waals surface area contributed by atoms with Gasteiger partial charge in [0.2, 0.25) is 5.95 Å². The van der Waals surface area contributed by atoms with Crippen LogP contribution in [0.3, 0.4) is 0 Å². The van der Waals surface area contributed by atoms with Gasteiger partial charge in [-0.1, -0.05) is 54.1 Å². The van der Waals surface area contributed by atoms with Crippen molar-refractivity contribution in [2.45, 2.75) is 25.4 Å². The van der Waals surface area contributed by atoms with E-state index in [4.69, 9.17) is 4.98 Å². The number of halogens is 1. The fourth-order valence-electron chi connectivity index (χ4n) is 4.08. The summed E-state index contributed by atoms with van der Waals surface area (Å²) in [5.41, 5.74) is 5.71. The summed E-state index contributed by atoms with van der Waals surface area (Å²) in [6.07, 6.45) is 0.877. The molecule has 3 aromatic carbocycles. The minimum atomic E-state index is -0.211. The van der Waals surface area contributed by atoms with Crippen LogP contribution in [0.2, 0.25) is 0 Å². The largest absolute Gasteiger partial charge is 0.349 e. The van der Waals surface area contributed by atoms with Crippen LogP contribution < -0.4 is 5.32 Å². The third-order valence-electron chi connectivity index (χ3n) is 5.37. The van der Waals surface area contributed by atoms with Crippen LogP contribution in [0.15, 0.2) is 72.8 Å². The molecule has 4 heteroatoms. The van der Waals surface area contributed by atoms with E-state index in [-0.39, 0.29) is 17.9 Å². The van der Waals surface area contributed by atoms with E-state index in [2.05, 4.69) is 53.2 Å². The van der Waals surface area contributed by atoms with Gasteiger partial charge >= 0.3 is 0 Å². The molecule has 0 amide bonds. The van der Waals surface area contributed by atoms with Crippen molar-refractivity contribution in [3.8, 4) is 0 Å². The second-order valence-corrected chi connectivity index (χ2v) is 7.21. The second kappa shape index (κ2) is 6.23. The fraction of sp³-hybridized carbons (Fsp3) is 0.174. The van der Waals surface area contributed by atoms with Gasteiger partial charge in [-0.3, -0.25) is 0 Å². The van der Waals surface area contributed by atoms with Crippen LogP contribution in [0.5, 0.6) is 0 Å². The number of rotatable bonds is 2. The zero-order valence-electron chi connectivity index (χ0n) is 15.1. The highest BCUT2D eigenvalue weighted by molar-refractivity contribution is 5.79. The molecule has 0 bridgehead atoms. The maximum atomic E-state index is 13.4. The lowest BCUT2D eigenvalue weighted by molar-refractivity contribution is 0.477. The molecule has 0 fully saturated rings. The number of fused-ring (bicyclic) bond motifs is 3. The van der Waals surface area contributed by atoms with E-state index in [9.17, 15) is 4.39 Å². The molecule has 27 heavy (non-hydrogen) atoms. The van der Waals surface area contributed by atoms with Crippen LogP contribution in [0.4, 0.5) is 10.3 Å². The quantitative estimate of drug-likeness (QED) is 0.504. The number of benzene rings is 3. The Morgan fingerprint density at radius 2 is 1.78 bits per heavy atom. The van der Waals surface area contributed by atoms with E-state index in [1.54, 1.807) is 0 Å². The van der Waals surface area contributed by atoms with Crippen LogP contribution >= 0.6 is 0 Å². The molecule has 1 aromatic heterocycles. The molecule has 0 radical (unpaired) electrons. The minimum absolute atomic E-state index is 0.0837. The summed E-state index contributed by atoms with van der Waals surface area (Å²) in [7, 11) is 0. The summed E-state index contributed by atoms with van der Waals surface area (Å²) < 4.78 is 15.7. The maximum Gasteiger partial charge on any atom is 0.204 e. The van der Waals surface area contributed by atoms with E-state index in [0.29, 0.717) is 0 Å². The molecule has 1 aliphatic heterocycles. The number of aromatic nitrogens is 2. The SMILES string of the molecule is Cc1cccc([C@H]2C[C@@H](c3ccc(F)cc3)Nc3nc4ccccc4n32)c1. The van der Waals surface area contributed by atoms with Crippen molar-refractivity contribution in [1.29, 1.82) is 0 Å². The van der Waals surface area contributed by atoms with E-state index in [0.717, 1.165) is 29.0 Å². The van der Waals surface area contributed by atoms with E-state index >= 15 is 0 Å². The van der Waals surface area contributed by atoms with Gasteiger partial charge in [-0.15, -0.1) is 0 Å². The van der Waals surface area contributed by atoms with Crippen molar-refractivity contribution in [2.75, 3.05) is 5.32 Å². The molecule has 1 aliphatic rings. The van der Waals surface area contributed by atoms with Gasteiger partial charge in [0.05, 0.1) is 23.1 Å². The second-order valence-electron chi connectivity index (χ2n) is 7.21. The molecule has 0 unspecified atom stereocenters. The number of aryl methyl sites for hydroxylation is 1. The lowest BCUT2D eigenvalue weighted by Crippen LogP contribution is -2.27. The smallest absolute Gasteiger partial charge is 0.204 e. The number of anilines is 1. The van der Waals surface area contributed by atoms with Gasteiger partial charge in [-0.05, 0) is 48.7 Å². The number of imidazole rings is 1. The zero-order chi connectivity index (χ0) is 18.4. The first kappa shape index (κ1) is 16.1. The molecule has 5 rings (SSSR count). The summed E-state index contributed by atoms with van der Waals surface area (Å²) in [6.45, 7) is 2.12. The van der Waals surface area contributed by atoms with Crippen LogP contribution in [-0.2, 0) is 0 Å². The predicted molar refractivity (Wildman–Crippen MR) is 106 cm³/mol. The average Bonchev–Trinajstić information content (AvgIpc) is 3.06. The first-order chi connectivity index (χ1) is 13.2. The van der Waals surface area contributed by atoms with Crippen molar-refractivity contribution in [3.63, 3.8) is 0 Å². The highest BCUT2D eigenvalue weighted by Crippen LogP contribution is 2.41. The van der Waals surface area contributed by atoms with Gasteiger partial charge < -0.3 is 9.88 Å². The molecular formula is C23H20FN3. The van der Waals surface area contributed by atoms with Gasteiger partial charge in [-0.25, -0.2) is 9.37 Å². The van der Waals surface area contributed by atoms with Crippen LogP contribution in [0.1, 0.15) is 35.2 Å². The summed E-state index contributed by atoms with van der Waals surface area (Å²) in [6, 6.07) is 23.9. The van der Waals surface area contributed by atoms with Gasteiger partial charge in [0, 0.05) is 0 Å². The molecule has 134 valence electrons. The van der Waals surface area contributed by atoms with E-state index < -0.39 is 0 Å². The lowest BCUT2D eigenvalue weighted by atomic mass is 9.92. The van der Waals surface area contributed by atoms with Crippen LogP contribution in [-0.4, -0.2) is 9.55 Å². The van der Waals surface area contributed by atoms with E-state index in [1.807, 2.05) is 24.3 Å². The Bertz CT molecular complexity index is 1110. The van der Waals surface area contributed by atoms with Crippen molar-refractivity contribution < 1.29 is 4.39 Å². The van der Waals surface area contributed by atoms with Gasteiger partial charge in [0.1, 0.15) is 5.82 Å². The Morgan fingerprint density at radius 3 is 2.59 bits per heavy atom. The molecule has 0 aliphatic carbocycles. The number of hydrogen-bond acceptors (Lipinski definition) is 2. The van der Waals surface area contributed by atoms with Crippen LogP contribution in [0.25, 0.3) is 11.0 Å². The fourth-order valence-corrected chi connectivity index (χ4v) is 4.08. The summed E-state index contributed by atoms with van der Waals surface area (Å²) in [5.74, 6) is 0.653. The van der Waals surface area contributed by atoms with Crippen molar-refractivity contribution in [3.05, 3.63) is 95.3 Å². The van der Waals surface area contributed by atoms with Gasteiger partial charge in [0.25, 0.3) is 0 Å². The van der Waals surface area contributed by atoms with Crippen molar-refractivity contribution in [2.24, 2.45) is 0 Å². The van der Waals surface area contributed by atoms with Gasteiger partial charge in [-0.2, -0.15) is 0 Å². The normalized spacial score (nSPS) is 18.9. The predicted octanol–water partition coefficient (Wildman–Crippen LogP) is 5.63. The third kappa shape index (κ3) is 2.78. The molecular weight excluding hydrogens is 337 g/mol. The van der Waals surface area contributed by atoms with Crippen molar-refractivity contribution in [1.82, 2.24) is 9.55 Å². The zero-order valence-corrected chi connectivity index (χ0v) is 15.1. The Balaban J connectivity index is 1.67. The Labute approximate surface area is 157 Å². The maximum absolute atomic E-state index is 13.4. The molecule has 0 spiro atoms. The standard InChI is InChI=1S/C23H20FN3/c1-15-5-4-6-17(13-15)22-14-20(16-9-11-18(24)12-10-16)26-23-25-19-7-2-3-8-21(19)27(22)23/h2-13,20,22H,14H2,1H3,(H,25,26)/t20-,22+/m0/s1. The lowest BCUT2D eigenvalue weighted by Gasteiger charge is -2.33. The molecule has 0 saturated heterocycles. The Hall–Kier alpha value is -3.14. The summed E-state index contributed by atoms with van der Waals surface area (Å²) in [4.78, 5) is 4.82. The third-order valence-corrected chi connectivity index (χ3v) is 5.37.